The van der Waals surface area contributed by atoms with Gasteiger partial charge in [-0.1, -0.05) is 29.8 Å². The van der Waals surface area contributed by atoms with E-state index in [1.165, 1.54) is 6.07 Å². The largest absolute Gasteiger partial charge is 0.291 e. The Kier molecular flexibility index (Phi) is 3.57. The average molecular weight is 259 g/mol. The van der Waals surface area contributed by atoms with Crippen molar-refractivity contribution in [2.45, 2.75) is 24.6 Å². The van der Waals surface area contributed by atoms with Crippen LogP contribution in [0.25, 0.3) is 0 Å². The van der Waals surface area contributed by atoms with Gasteiger partial charge in [-0.3, -0.25) is 15.1 Å². The van der Waals surface area contributed by atoms with Crippen LogP contribution in [0.4, 0.5) is 5.69 Å². The topological polar surface area (TPSA) is 56.0 Å². The highest BCUT2D eigenvalue weighted by atomic mass is 79.9. The Hall–Kier alpha value is -0.970. The number of aromatic nitrogens is 1. The molecule has 76 valence electrons. The maximum atomic E-state index is 10.7. The molecule has 0 aliphatic carbocycles. The van der Waals surface area contributed by atoms with Crippen LogP contribution in [0.15, 0.2) is 18.3 Å². The number of nitro groups is 1. The molecule has 14 heavy (non-hydrogen) atoms. The molecule has 0 aliphatic heterocycles. The third-order valence-electron chi connectivity index (χ3n) is 2.13. The molecule has 0 saturated carbocycles. The standard InChI is InChI=1S/C9H11BrN2O2/c1-6(7(2)10)9-8(12(13)14)4-3-5-11-9/h3-7H,1-2H3. The second kappa shape index (κ2) is 4.50. The molecule has 1 aromatic heterocycles. The first-order chi connectivity index (χ1) is 6.54. The van der Waals surface area contributed by atoms with Crippen LogP contribution in [0.3, 0.4) is 0 Å². The van der Waals surface area contributed by atoms with Crippen molar-refractivity contribution in [1.29, 1.82) is 0 Å². The zero-order valence-electron chi connectivity index (χ0n) is 7.98. The first-order valence-electron chi connectivity index (χ1n) is 4.27. The van der Waals surface area contributed by atoms with E-state index in [1.54, 1.807) is 12.3 Å². The number of nitrogens with zero attached hydrogens (tertiary/aromatic N) is 2. The van der Waals surface area contributed by atoms with Gasteiger partial charge >= 0.3 is 0 Å². The second-order valence-corrected chi connectivity index (χ2v) is 4.58. The molecule has 2 atom stereocenters. The van der Waals surface area contributed by atoms with E-state index in [0.29, 0.717) is 5.69 Å². The molecule has 1 aromatic rings. The van der Waals surface area contributed by atoms with E-state index in [2.05, 4.69) is 20.9 Å². The SMILES string of the molecule is CC(Br)C(C)c1ncccc1[N+](=O)[O-]. The van der Waals surface area contributed by atoms with Crippen LogP contribution in [0.2, 0.25) is 0 Å². The van der Waals surface area contributed by atoms with Crippen LogP contribution in [0, 0.1) is 10.1 Å². The lowest BCUT2D eigenvalue weighted by Crippen LogP contribution is -2.09. The predicted molar refractivity (Wildman–Crippen MR) is 57.7 cm³/mol. The molecule has 0 amide bonds. The van der Waals surface area contributed by atoms with Gasteiger partial charge in [0, 0.05) is 23.0 Å². The van der Waals surface area contributed by atoms with E-state index < -0.39 is 4.92 Å². The van der Waals surface area contributed by atoms with Crippen LogP contribution < -0.4 is 0 Å². The van der Waals surface area contributed by atoms with Crippen molar-refractivity contribution in [3.8, 4) is 0 Å². The van der Waals surface area contributed by atoms with Gasteiger partial charge < -0.3 is 0 Å². The smallest absolute Gasteiger partial charge is 0.258 e. The summed E-state index contributed by atoms with van der Waals surface area (Å²) >= 11 is 3.40. The van der Waals surface area contributed by atoms with Gasteiger partial charge in [-0.2, -0.15) is 0 Å². The molecule has 0 N–H and O–H groups in total. The third kappa shape index (κ3) is 2.29. The molecule has 0 saturated heterocycles. The first kappa shape index (κ1) is 11.1. The molecule has 0 aromatic carbocycles. The lowest BCUT2D eigenvalue weighted by molar-refractivity contribution is -0.386. The summed E-state index contributed by atoms with van der Waals surface area (Å²) in [7, 11) is 0. The number of alkyl halides is 1. The van der Waals surface area contributed by atoms with Crippen molar-refractivity contribution in [3.63, 3.8) is 0 Å². The van der Waals surface area contributed by atoms with E-state index in [0.717, 1.165) is 0 Å². The first-order valence-corrected chi connectivity index (χ1v) is 5.19. The number of pyridine rings is 1. The molecule has 0 fully saturated rings. The van der Waals surface area contributed by atoms with Crippen molar-refractivity contribution in [1.82, 2.24) is 4.98 Å². The lowest BCUT2D eigenvalue weighted by Gasteiger charge is -2.12. The fraction of sp³-hybridized carbons (Fsp3) is 0.444. The van der Waals surface area contributed by atoms with Crippen molar-refractivity contribution < 1.29 is 4.92 Å². The summed E-state index contributed by atoms with van der Waals surface area (Å²) in [5, 5.41) is 10.7. The van der Waals surface area contributed by atoms with Crippen molar-refractivity contribution >= 4 is 21.6 Å². The molecule has 1 heterocycles. The summed E-state index contributed by atoms with van der Waals surface area (Å²) in [6.07, 6.45) is 1.58. The van der Waals surface area contributed by atoms with Crippen molar-refractivity contribution in [2.24, 2.45) is 0 Å². The maximum Gasteiger partial charge on any atom is 0.291 e. The minimum Gasteiger partial charge on any atom is -0.258 e. The molecular weight excluding hydrogens is 248 g/mol. The zero-order chi connectivity index (χ0) is 10.7. The molecule has 0 aliphatic rings. The van der Waals surface area contributed by atoms with E-state index >= 15 is 0 Å². The molecule has 0 spiro atoms. The van der Waals surface area contributed by atoms with Gasteiger partial charge in [-0.25, -0.2) is 0 Å². The molecule has 1 rings (SSSR count). The van der Waals surface area contributed by atoms with E-state index in [9.17, 15) is 10.1 Å². The quantitative estimate of drug-likeness (QED) is 0.476. The molecule has 0 bridgehead atoms. The van der Waals surface area contributed by atoms with E-state index in [4.69, 9.17) is 0 Å². The van der Waals surface area contributed by atoms with Gasteiger partial charge in [0.1, 0.15) is 5.69 Å². The van der Waals surface area contributed by atoms with Gasteiger partial charge in [-0.05, 0) is 6.07 Å². The Morgan fingerprint density at radius 1 is 1.57 bits per heavy atom. The Balaban J connectivity index is 3.13. The second-order valence-electron chi connectivity index (χ2n) is 3.13. The fourth-order valence-corrected chi connectivity index (χ4v) is 1.38. The summed E-state index contributed by atoms with van der Waals surface area (Å²) in [6, 6.07) is 3.06. The average Bonchev–Trinajstić information content (AvgIpc) is 2.16. The molecule has 0 radical (unpaired) electrons. The monoisotopic (exact) mass is 258 g/mol. The van der Waals surface area contributed by atoms with Gasteiger partial charge in [0.15, 0.2) is 0 Å². The summed E-state index contributed by atoms with van der Waals surface area (Å²) in [4.78, 5) is 14.5. The normalized spacial score (nSPS) is 14.8. The molecule has 2 unspecified atom stereocenters. The Bertz CT molecular complexity index is 341. The molecular formula is C9H11BrN2O2. The summed E-state index contributed by atoms with van der Waals surface area (Å²) in [5.41, 5.74) is 0.619. The van der Waals surface area contributed by atoms with Gasteiger partial charge in [0.25, 0.3) is 5.69 Å². The highest BCUT2D eigenvalue weighted by Crippen LogP contribution is 2.29. The fourth-order valence-electron chi connectivity index (χ4n) is 1.13. The summed E-state index contributed by atoms with van der Waals surface area (Å²) in [6.45, 7) is 3.86. The minimum atomic E-state index is -0.395. The Labute approximate surface area is 90.6 Å². The number of hydrogen-bond donors (Lipinski definition) is 0. The maximum absolute atomic E-state index is 10.7. The third-order valence-corrected chi connectivity index (χ3v) is 2.93. The van der Waals surface area contributed by atoms with Gasteiger partial charge in [-0.15, -0.1) is 0 Å². The summed E-state index contributed by atoms with van der Waals surface area (Å²) in [5.74, 6) is 0.0246. The zero-order valence-corrected chi connectivity index (χ0v) is 9.56. The Morgan fingerprint density at radius 2 is 2.21 bits per heavy atom. The predicted octanol–water partition coefficient (Wildman–Crippen LogP) is 2.88. The van der Waals surface area contributed by atoms with Crippen LogP contribution in [0.5, 0.6) is 0 Å². The van der Waals surface area contributed by atoms with Crippen molar-refractivity contribution in [3.05, 3.63) is 34.1 Å². The number of halogens is 1. The van der Waals surface area contributed by atoms with Crippen molar-refractivity contribution in [2.75, 3.05) is 0 Å². The number of rotatable bonds is 3. The van der Waals surface area contributed by atoms with Crippen LogP contribution in [-0.2, 0) is 0 Å². The van der Waals surface area contributed by atoms with E-state index in [-0.39, 0.29) is 16.4 Å². The lowest BCUT2D eigenvalue weighted by atomic mass is 10.0. The van der Waals surface area contributed by atoms with E-state index in [1.807, 2.05) is 13.8 Å². The Morgan fingerprint density at radius 3 is 2.71 bits per heavy atom. The molecule has 5 heteroatoms. The minimum absolute atomic E-state index is 0.0246. The summed E-state index contributed by atoms with van der Waals surface area (Å²) < 4.78 is 0. The van der Waals surface area contributed by atoms with Crippen LogP contribution >= 0.6 is 15.9 Å². The van der Waals surface area contributed by atoms with Crippen LogP contribution in [0.1, 0.15) is 25.5 Å². The molecule has 4 nitrogen and oxygen atoms in total. The van der Waals surface area contributed by atoms with Gasteiger partial charge in [0.05, 0.1) is 4.92 Å². The number of hydrogen-bond acceptors (Lipinski definition) is 3. The highest BCUT2D eigenvalue weighted by molar-refractivity contribution is 9.09. The van der Waals surface area contributed by atoms with Crippen LogP contribution in [-0.4, -0.2) is 14.7 Å². The van der Waals surface area contributed by atoms with Gasteiger partial charge in [0.2, 0.25) is 0 Å². The highest BCUT2D eigenvalue weighted by Gasteiger charge is 2.22.